The number of carbonyl (C=O) groups is 1. The molecule has 0 amide bonds. The van der Waals surface area contributed by atoms with Crippen molar-refractivity contribution in [3.05, 3.63) is 71.0 Å². The van der Waals surface area contributed by atoms with Crippen LogP contribution in [0.4, 0.5) is 11.5 Å². The summed E-state index contributed by atoms with van der Waals surface area (Å²) in [4.78, 5) is 21.4. The number of ether oxygens (including phenoxy) is 1. The number of rotatable bonds is 5. The lowest BCUT2D eigenvalue weighted by Crippen LogP contribution is -2.47. The lowest BCUT2D eigenvalue weighted by molar-refractivity contribution is 0.112. The first-order valence-electron chi connectivity index (χ1n) is 10.8. The minimum atomic E-state index is 0.538. The number of hydrogen-bond acceptors (Lipinski definition) is 6. The van der Waals surface area contributed by atoms with Crippen molar-refractivity contribution >= 4 is 34.9 Å². The number of aryl methyl sites for hydroxylation is 1. The van der Waals surface area contributed by atoms with Crippen molar-refractivity contribution < 1.29 is 9.53 Å². The molecule has 4 aromatic rings. The van der Waals surface area contributed by atoms with E-state index < -0.39 is 0 Å². The first-order chi connectivity index (χ1) is 16.1. The fourth-order valence-electron chi connectivity index (χ4n) is 4.39. The summed E-state index contributed by atoms with van der Waals surface area (Å²) in [6.07, 6.45) is 4.39. The standard InChI is InChI=1S/C25H24ClN5O2/c1-17-3-6-19(26)15-22(17)29-11-13-30(14-12-29)25-24-21(16-32)23(28-31(24)10-9-27-25)18-4-7-20(33-2)8-5-18/h3-10,15-16H,11-14H2,1-2H3. The Kier molecular flexibility index (Phi) is 5.64. The summed E-state index contributed by atoms with van der Waals surface area (Å²) in [5, 5.41) is 5.44. The van der Waals surface area contributed by atoms with Crippen molar-refractivity contribution in [2.45, 2.75) is 6.92 Å². The Morgan fingerprint density at radius 2 is 1.76 bits per heavy atom. The van der Waals surface area contributed by atoms with Crippen LogP contribution in [0.1, 0.15) is 15.9 Å². The molecule has 0 radical (unpaired) electrons. The van der Waals surface area contributed by atoms with Gasteiger partial charge in [0.15, 0.2) is 12.1 Å². The number of benzene rings is 2. The minimum Gasteiger partial charge on any atom is -0.497 e. The number of fused-ring (bicyclic) bond motifs is 1. The second kappa shape index (κ2) is 8.75. The summed E-state index contributed by atoms with van der Waals surface area (Å²) >= 11 is 6.23. The zero-order chi connectivity index (χ0) is 22.9. The molecule has 0 aliphatic carbocycles. The van der Waals surface area contributed by atoms with Crippen molar-refractivity contribution in [1.82, 2.24) is 14.6 Å². The van der Waals surface area contributed by atoms with Crippen LogP contribution in [0.3, 0.4) is 0 Å². The average molecular weight is 462 g/mol. The lowest BCUT2D eigenvalue weighted by atomic mass is 10.1. The maximum absolute atomic E-state index is 12.2. The molecule has 1 aliphatic rings. The molecule has 1 fully saturated rings. The summed E-state index contributed by atoms with van der Waals surface area (Å²) in [7, 11) is 1.63. The van der Waals surface area contributed by atoms with Gasteiger partial charge in [0.1, 0.15) is 17.0 Å². The van der Waals surface area contributed by atoms with Gasteiger partial charge in [-0.25, -0.2) is 9.50 Å². The molecule has 33 heavy (non-hydrogen) atoms. The summed E-state index contributed by atoms with van der Waals surface area (Å²) in [6.45, 7) is 5.32. The molecule has 0 N–H and O–H groups in total. The molecule has 2 aromatic carbocycles. The van der Waals surface area contributed by atoms with Crippen molar-refractivity contribution in [3.8, 4) is 17.0 Å². The summed E-state index contributed by atoms with van der Waals surface area (Å²) in [6, 6.07) is 13.5. The second-order valence-corrected chi connectivity index (χ2v) is 8.49. The number of piperazine rings is 1. The molecule has 0 unspecified atom stereocenters. The number of aromatic nitrogens is 3. The Morgan fingerprint density at radius 3 is 2.45 bits per heavy atom. The molecule has 1 aliphatic heterocycles. The molecule has 3 heterocycles. The number of aldehydes is 1. The van der Waals surface area contributed by atoms with E-state index in [1.54, 1.807) is 24.0 Å². The molecule has 5 rings (SSSR count). The Balaban J connectivity index is 1.47. The van der Waals surface area contributed by atoms with E-state index in [-0.39, 0.29) is 0 Å². The Labute approximate surface area is 197 Å². The van der Waals surface area contributed by atoms with Crippen LogP contribution in [0.15, 0.2) is 54.9 Å². The van der Waals surface area contributed by atoms with E-state index in [4.69, 9.17) is 21.4 Å². The van der Waals surface area contributed by atoms with Crippen molar-refractivity contribution in [2.75, 3.05) is 43.1 Å². The van der Waals surface area contributed by atoms with E-state index in [0.717, 1.165) is 65.8 Å². The van der Waals surface area contributed by atoms with E-state index in [2.05, 4.69) is 27.8 Å². The highest BCUT2D eigenvalue weighted by molar-refractivity contribution is 6.30. The molecule has 168 valence electrons. The molecule has 7 nitrogen and oxygen atoms in total. The Bertz CT molecular complexity index is 1310. The van der Waals surface area contributed by atoms with Gasteiger partial charge in [-0.05, 0) is 48.9 Å². The number of anilines is 2. The monoisotopic (exact) mass is 461 g/mol. The second-order valence-electron chi connectivity index (χ2n) is 8.06. The van der Waals surface area contributed by atoms with E-state index in [1.165, 1.54) is 5.56 Å². The van der Waals surface area contributed by atoms with Gasteiger partial charge in [-0.3, -0.25) is 4.79 Å². The number of methoxy groups -OCH3 is 1. The van der Waals surface area contributed by atoms with Crippen LogP contribution in [0.25, 0.3) is 16.8 Å². The van der Waals surface area contributed by atoms with Gasteiger partial charge in [-0.1, -0.05) is 17.7 Å². The van der Waals surface area contributed by atoms with Crippen LogP contribution >= 0.6 is 11.6 Å². The average Bonchev–Trinajstić information content (AvgIpc) is 3.24. The van der Waals surface area contributed by atoms with Crippen LogP contribution in [0, 0.1) is 6.92 Å². The highest BCUT2D eigenvalue weighted by Gasteiger charge is 2.25. The lowest BCUT2D eigenvalue weighted by Gasteiger charge is -2.37. The van der Waals surface area contributed by atoms with Gasteiger partial charge in [0, 0.05) is 54.8 Å². The number of halogens is 1. The van der Waals surface area contributed by atoms with E-state index in [9.17, 15) is 4.79 Å². The first kappa shape index (κ1) is 21.3. The predicted molar refractivity (Wildman–Crippen MR) is 131 cm³/mol. The minimum absolute atomic E-state index is 0.538. The fraction of sp³-hybridized carbons (Fsp3) is 0.240. The van der Waals surface area contributed by atoms with Crippen LogP contribution < -0.4 is 14.5 Å². The summed E-state index contributed by atoms with van der Waals surface area (Å²) in [5.41, 5.74) is 5.12. The molecule has 0 bridgehead atoms. The molecule has 0 spiro atoms. The van der Waals surface area contributed by atoms with Crippen LogP contribution in [0.2, 0.25) is 5.02 Å². The molecule has 8 heteroatoms. The smallest absolute Gasteiger partial charge is 0.155 e. The summed E-state index contributed by atoms with van der Waals surface area (Å²) in [5.74, 6) is 1.53. The van der Waals surface area contributed by atoms with Gasteiger partial charge in [0.2, 0.25) is 0 Å². The zero-order valence-electron chi connectivity index (χ0n) is 18.5. The third-order valence-electron chi connectivity index (χ3n) is 6.14. The number of nitrogens with zero attached hydrogens (tertiary/aromatic N) is 5. The van der Waals surface area contributed by atoms with Gasteiger partial charge in [0.25, 0.3) is 0 Å². The van der Waals surface area contributed by atoms with Crippen LogP contribution in [-0.4, -0.2) is 54.2 Å². The maximum Gasteiger partial charge on any atom is 0.155 e. The fourth-order valence-corrected chi connectivity index (χ4v) is 4.56. The highest BCUT2D eigenvalue weighted by atomic mass is 35.5. The Morgan fingerprint density at radius 1 is 1.03 bits per heavy atom. The summed E-state index contributed by atoms with van der Waals surface area (Å²) < 4.78 is 7.00. The van der Waals surface area contributed by atoms with Crippen LogP contribution in [0.5, 0.6) is 5.75 Å². The zero-order valence-corrected chi connectivity index (χ0v) is 19.3. The van der Waals surface area contributed by atoms with E-state index in [1.807, 2.05) is 36.4 Å². The van der Waals surface area contributed by atoms with E-state index >= 15 is 0 Å². The van der Waals surface area contributed by atoms with E-state index in [0.29, 0.717) is 11.3 Å². The molecule has 1 saturated heterocycles. The quantitative estimate of drug-likeness (QED) is 0.407. The van der Waals surface area contributed by atoms with Gasteiger partial charge in [-0.15, -0.1) is 0 Å². The predicted octanol–water partition coefficient (Wildman–Crippen LogP) is 4.51. The number of hydrogen-bond donors (Lipinski definition) is 0. The van der Waals surface area contributed by atoms with Gasteiger partial charge in [0.05, 0.1) is 12.7 Å². The van der Waals surface area contributed by atoms with Gasteiger partial charge in [-0.2, -0.15) is 5.10 Å². The highest BCUT2D eigenvalue weighted by Crippen LogP contribution is 2.32. The molecular formula is C25H24ClN5O2. The third-order valence-corrected chi connectivity index (χ3v) is 6.37. The number of carbonyl (C=O) groups excluding carboxylic acids is 1. The maximum atomic E-state index is 12.2. The van der Waals surface area contributed by atoms with Gasteiger partial charge >= 0.3 is 0 Å². The topological polar surface area (TPSA) is 63.0 Å². The molecule has 0 atom stereocenters. The SMILES string of the molecule is COc1ccc(-c2nn3ccnc(N4CCN(c5cc(Cl)ccc5C)CC4)c3c2C=O)cc1. The molecule has 2 aromatic heterocycles. The van der Waals surface area contributed by atoms with Gasteiger partial charge < -0.3 is 14.5 Å². The normalized spacial score (nSPS) is 14.0. The molecular weight excluding hydrogens is 438 g/mol. The Hall–Kier alpha value is -3.58. The first-order valence-corrected chi connectivity index (χ1v) is 11.2. The third kappa shape index (κ3) is 3.89. The van der Waals surface area contributed by atoms with Crippen molar-refractivity contribution in [3.63, 3.8) is 0 Å². The molecule has 0 saturated carbocycles. The van der Waals surface area contributed by atoms with Crippen LogP contribution in [-0.2, 0) is 0 Å². The largest absolute Gasteiger partial charge is 0.497 e. The van der Waals surface area contributed by atoms with Crippen molar-refractivity contribution in [1.29, 1.82) is 0 Å². The van der Waals surface area contributed by atoms with Crippen molar-refractivity contribution in [2.24, 2.45) is 0 Å².